The minimum Gasteiger partial charge on any atom is -0.480 e. The van der Waals surface area contributed by atoms with E-state index in [0.29, 0.717) is 11.6 Å². The van der Waals surface area contributed by atoms with Crippen LogP contribution in [0, 0.1) is 12.8 Å². The largest absolute Gasteiger partial charge is 0.480 e. The Morgan fingerprint density at radius 3 is 2.55 bits per heavy atom. The van der Waals surface area contributed by atoms with Gasteiger partial charge in [-0.3, -0.25) is 24.4 Å². The monoisotopic (exact) mass is 398 g/mol. The number of aromatic nitrogens is 2. The van der Waals surface area contributed by atoms with Gasteiger partial charge in [0, 0.05) is 24.7 Å². The first-order valence-electron chi connectivity index (χ1n) is 10.0. The highest BCUT2D eigenvalue weighted by atomic mass is 16.4. The highest BCUT2D eigenvalue weighted by molar-refractivity contribution is 5.92. The minimum absolute atomic E-state index is 0.00535. The van der Waals surface area contributed by atoms with E-state index in [9.17, 15) is 14.4 Å². The first-order valence-corrected chi connectivity index (χ1v) is 10.0. The van der Waals surface area contributed by atoms with Crippen molar-refractivity contribution in [1.29, 1.82) is 0 Å². The summed E-state index contributed by atoms with van der Waals surface area (Å²) in [6.45, 7) is 2.84. The molecule has 0 saturated heterocycles. The van der Waals surface area contributed by atoms with Crippen LogP contribution >= 0.6 is 0 Å². The van der Waals surface area contributed by atoms with E-state index in [2.05, 4.69) is 10.4 Å². The lowest BCUT2D eigenvalue weighted by molar-refractivity contribution is -0.139. The van der Waals surface area contributed by atoms with E-state index in [1.54, 1.807) is 0 Å². The van der Waals surface area contributed by atoms with Gasteiger partial charge in [0.2, 0.25) is 0 Å². The summed E-state index contributed by atoms with van der Waals surface area (Å²) in [6.07, 6.45) is 3.81. The normalized spacial score (nSPS) is 21.0. The lowest BCUT2D eigenvalue weighted by atomic mass is 9.85. The van der Waals surface area contributed by atoms with Crippen molar-refractivity contribution in [3.63, 3.8) is 0 Å². The summed E-state index contributed by atoms with van der Waals surface area (Å²) in [5.74, 6) is -0.508. The van der Waals surface area contributed by atoms with Gasteiger partial charge in [0.1, 0.15) is 5.69 Å². The van der Waals surface area contributed by atoms with Gasteiger partial charge in [0.15, 0.2) is 0 Å². The molecule has 29 heavy (non-hydrogen) atoms. The molecule has 2 fully saturated rings. The maximum Gasteiger partial charge on any atom is 0.317 e. The van der Waals surface area contributed by atoms with Crippen molar-refractivity contribution < 1.29 is 14.7 Å². The van der Waals surface area contributed by atoms with Gasteiger partial charge in [-0.15, -0.1) is 0 Å². The molecule has 0 bridgehead atoms. The molecule has 1 aromatic heterocycles. The molecule has 2 aromatic rings. The second kappa shape index (κ2) is 7.87. The van der Waals surface area contributed by atoms with Gasteiger partial charge < -0.3 is 10.4 Å². The van der Waals surface area contributed by atoms with Crippen molar-refractivity contribution in [1.82, 2.24) is 20.0 Å². The number of nitrogens with one attached hydrogen (secondary N) is 2. The van der Waals surface area contributed by atoms with E-state index >= 15 is 0 Å². The van der Waals surface area contributed by atoms with Crippen LogP contribution in [0.5, 0.6) is 0 Å². The molecule has 8 nitrogen and oxygen atoms in total. The minimum atomic E-state index is -0.812. The zero-order valence-electron chi connectivity index (χ0n) is 16.4. The lowest BCUT2D eigenvalue weighted by Crippen LogP contribution is -2.55. The van der Waals surface area contributed by atoms with Crippen molar-refractivity contribution in [2.24, 2.45) is 5.92 Å². The van der Waals surface area contributed by atoms with Crippen LogP contribution in [0.3, 0.4) is 0 Å². The highest BCUT2D eigenvalue weighted by Gasteiger charge is 2.38. The number of aryl methyl sites for hydroxylation is 1. The molecule has 0 spiro atoms. The molecular formula is C21H26N4O4. The van der Waals surface area contributed by atoms with Crippen LogP contribution in [0.1, 0.15) is 41.7 Å². The van der Waals surface area contributed by atoms with Crippen molar-refractivity contribution in [2.45, 2.75) is 44.7 Å². The maximum absolute atomic E-state index is 12.5. The number of carbonyl (C=O) groups excluding carboxylic acids is 1. The molecule has 0 radical (unpaired) electrons. The third-order valence-electron chi connectivity index (χ3n) is 5.75. The number of benzene rings is 1. The van der Waals surface area contributed by atoms with Crippen molar-refractivity contribution in [3.05, 3.63) is 51.9 Å². The number of aliphatic carboxylic acids is 1. The Balaban J connectivity index is 1.34. The zero-order valence-corrected chi connectivity index (χ0v) is 16.4. The molecule has 3 N–H and O–H groups in total. The fraction of sp³-hybridized carbons (Fsp3) is 0.476. The van der Waals surface area contributed by atoms with Crippen LogP contribution in [0.2, 0.25) is 0 Å². The number of amides is 1. The third kappa shape index (κ3) is 4.59. The zero-order chi connectivity index (χ0) is 20.5. The summed E-state index contributed by atoms with van der Waals surface area (Å²) in [6, 6.07) is 8.94. The smallest absolute Gasteiger partial charge is 0.317 e. The maximum atomic E-state index is 12.5. The molecule has 1 amide bonds. The quantitative estimate of drug-likeness (QED) is 0.625. The standard InChI is InChI=1S/C21H26N4O4/c1-13-2-6-16(7-3-13)25-19(26)10-18(23-25)21(29)22-15-8-17(9-15)24(12-20(27)28)11-14-4-5-14/h2-3,6-7,10,14-15,17,23H,4-5,8-9,11-12H2,1H3,(H,22,29)(H,27,28). The SMILES string of the molecule is Cc1ccc(-n2[nH]c(C(=O)NC3CC(N(CC(=O)O)CC4CC4)C3)cc2=O)cc1. The molecule has 2 aliphatic rings. The van der Waals surface area contributed by atoms with Crippen molar-refractivity contribution in [2.75, 3.05) is 13.1 Å². The van der Waals surface area contributed by atoms with Crippen LogP contribution in [0.4, 0.5) is 0 Å². The molecule has 0 aliphatic heterocycles. The molecule has 8 heteroatoms. The van der Waals surface area contributed by atoms with Crippen LogP contribution in [0.15, 0.2) is 35.1 Å². The Hall–Kier alpha value is -2.87. The Kier molecular flexibility index (Phi) is 5.27. The van der Waals surface area contributed by atoms with Gasteiger partial charge in [-0.05, 0) is 50.7 Å². The molecule has 2 aliphatic carbocycles. The second-order valence-electron chi connectivity index (χ2n) is 8.24. The molecule has 0 unspecified atom stereocenters. The average Bonchev–Trinajstić information content (AvgIpc) is 3.36. The van der Waals surface area contributed by atoms with E-state index in [1.807, 2.05) is 36.1 Å². The number of carboxylic acid groups (broad SMARTS) is 1. The molecule has 1 heterocycles. The van der Waals surface area contributed by atoms with E-state index in [0.717, 1.165) is 24.9 Å². The highest BCUT2D eigenvalue weighted by Crippen LogP contribution is 2.33. The number of aromatic amines is 1. The Bertz CT molecular complexity index is 952. The predicted molar refractivity (Wildman–Crippen MR) is 107 cm³/mol. The van der Waals surface area contributed by atoms with Gasteiger partial charge in [-0.2, -0.15) is 0 Å². The van der Waals surface area contributed by atoms with Crippen molar-refractivity contribution >= 4 is 11.9 Å². The second-order valence-corrected chi connectivity index (χ2v) is 8.24. The molecular weight excluding hydrogens is 372 g/mol. The van der Waals surface area contributed by atoms with Crippen LogP contribution in [0.25, 0.3) is 5.69 Å². The molecule has 4 rings (SSSR count). The topological polar surface area (TPSA) is 107 Å². The van der Waals surface area contributed by atoms with Gasteiger partial charge in [-0.1, -0.05) is 17.7 Å². The molecule has 2 saturated carbocycles. The van der Waals surface area contributed by atoms with Gasteiger partial charge in [0.25, 0.3) is 11.5 Å². The summed E-state index contributed by atoms with van der Waals surface area (Å²) in [5.41, 5.74) is 1.69. The van der Waals surface area contributed by atoms with Crippen LogP contribution in [-0.2, 0) is 4.79 Å². The summed E-state index contributed by atoms with van der Waals surface area (Å²) < 4.78 is 1.35. The van der Waals surface area contributed by atoms with E-state index < -0.39 is 5.97 Å². The summed E-state index contributed by atoms with van der Waals surface area (Å²) in [7, 11) is 0. The first kappa shape index (κ1) is 19.4. The van der Waals surface area contributed by atoms with Crippen LogP contribution < -0.4 is 10.9 Å². The van der Waals surface area contributed by atoms with E-state index in [1.165, 1.54) is 23.6 Å². The fourth-order valence-electron chi connectivity index (χ4n) is 3.81. The Labute approximate surface area is 168 Å². The van der Waals surface area contributed by atoms with Gasteiger partial charge >= 0.3 is 5.97 Å². The number of rotatable bonds is 8. The molecule has 1 aromatic carbocycles. The van der Waals surface area contributed by atoms with Crippen LogP contribution in [-0.4, -0.2) is 56.8 Å². The van der Waals surface area contributed by atoms with E-state index in [-0.39, 0.29) is 35.8 Å². The summed E-state index contributed by atoms with van der Waals surface area (Å²) in [5, 5.41) is 14.9. The number of nitrogens with zero attached hydrogens (tertiary/aromatic N) is 2. The van der Waals surface area contributed by atoms with E-state index in [4.69, 9.17) is 5.11 Å². The number of hydrogen-bond donors (Lipinski definition) is 3. The Morgan fingerprint density at radius 1 is 1.24 bits per heavy atom. The fourth-order valence-corrected chi connectivity index (χ4v) is 3.81. The predicted octanol–water partition coefficient (Wildman–Crippen LogP) is 1.53. The first-order chi connectivity index (χ1) is 13.9. The number of hydrogen-bond acceptors (Lipinski definition) is 4. The molecule has 154 valence electrons. The lowest BCUT2D eigenvalue weighted by Gasteiger charge is -2.42. The summed E-state index contributed by atoms with van der Waals surface area (Å²) >= 11 is 0. The molecule has 0 atom stereocenters. The third-order valence-corrected chi connectivity index (χ3v) is 5.75. The van der Waals surface area contributed by atoms with Gasteiger partial charge in [-0.25, -0.2) is 4.68 Å². The Morgan fingerprint density at radius 2 is 1.93 bits per heavy atom. The number of H-pyrrole nitrogens is 1. The van der Waals surface area contributed by atoms with Gasteiger partial charge in [0.05, 0.1) is 12.2 Å². The number of carboxylic acids is 1. The number of carbonyl (C=O) groups is 2. The summed E-state index contributed by atoms with van der Waals surface area (Å²) in [4.78, 5) is 37.9. The average molecular weight is 398 g/mol. The van der Waals surface area contributed by atoms with Crippen molar-refractivity contribution in [3.8, 4) is 5.69 Å².